The van der Waals surface area contributed by atoms with Gasteiger partial charge in [0.15, 0.2) is 9.84 Å². The molecular formula is C16H19NO5S. The Morgan fingerprint density at radius 3 is 2.96 bits per heavy atom. The Labute approximate surface area is 135 Å². The molecule has 1 amide bonds. The molecule has 2 aliphatic heterocycles. The molecule has 23 heavy (non-hydrogen) atoms. The summed E-state index contributed by atoms with van der Waals surface area (Å²) in [6, 6.07) is 5.15. The van der Waals surface area contributed by atoms with Crippen LogP contribution in [0.3, 0.4) is 0 Å². The van der Waals surface area contributed by atoms with Gasteiger partial charge in [-0.3, -0.25) is 4.79 Å². The van der Waals surface area contributed by atoms with Crippen molar-refractivity contribution in [3.05, 3.63) is 29.3 Å². The maximum absolute atomic E-state index is 12.3. The highest BCUT2D eigenvalue weighted by Gasteiger charge is 2.30. The van der Waals surface area contributed by atoms with Crippen LogP contribution in [-0.4, -0.2) is 45.1 Å². The monoisotopic (exact) mass is 337 g/mol. The van der Waals surface area contributed by atoms with Crippen LogP contribution in [0.4, 0.5) is 0 Å². The molecular weight excluding hydrogens is 318 g/mol. The molecule has 1 aromatic carbocycles. The fraction of sp³-hybridized carbons (Fsp3) is 0.438. The lowest BCUT2D eigenvalue weighted by molar-refractivity contribution is -0.118. The third-order valence-electron chi connectivity index (χ3n) is 3.86. The van der Waals surface area contributed by atoms with E-state index < -0.39 is 9.84 Å². The number of ether oxygens (including phenoxy) is 2. The van der Waals surface area contributed by atoms with E-state index in [0.29, 0.717) is 24.4 Å². The zero-order chi connectivity index (χ0) is 16.4. The molecule has 2 aliphatic rings. The van der Waals surface area contributed by atoms with Crippen molar-refractivity contribution in [2.24, 2.45) is 0 Å². The quantitative estimate of drug-likeness (QED) is 0.892. The summed E-state index contributed by atoms with van der Waals surface area (Å²) in [5, 5.41) is 2.78. The Bertz CT molecular complexity index is 754. The van der Waals surface area contributed by atoms with Crippen molar-refractivity contribution in [3.8, 4) is 11.5 Å². The van der Waals surface area contributed by atoms with E-state index in [0.717, 1.165) is 11.3 Å². The maximum atomic E-state index is 12.3. The predicted octanol–water partition coefficient (Wildman–Crippen LogP) is 1.16. The van der Waals surface area contributed by atoms with E-state index in [4.69, 9.17) is 9.47 Å². The number of hydrogen-bond donors (Lipinski definition) is 1. The molecule has 6 nitrogen and oxygen atoms in total. The second kappa shape index (κ2) is 6.23. The van der Waals surface area contributed by atoms with Gasteiger partial charge in [0.2, 0.25) is 0 Å². The summed E-state index contributed by atoms with van der Waals surface area (Å²) in [5.41, 5.74) is 1.27. The van der Waals surface area contributed by atoms with Crippen molar-refractivity contribution in [2.45, 2.75) is 19.4 Å². The number of nitrogens with one attached hydrogen (secondary N) is 1. The van der Waals surface area contributed by atoms with Crippen LogP contribution < -0.4 is 14.8 Å². The lowest BCUT2D eigenvalue weighted by atomic mass is 10.1. The van der Waals surface area contributed by atoms with Gasteiger partial charge in [0.1, 0.15) is 18.1 Å². The smallest absolute Gasteiger partial charge is 0.250 e. The summed E-state index contributed by atoms with van der Waals surface area (Å²) < 4.78 is 34.0. The molecule has 0 aromatic heterocycles. The zero-order valence-electron chi connectivity index (χ0n) is 12.9. The van der Waals surface area contributed by atoms with Crippen molar-refractivity contribution in [1.82, 2.24) is 5.32 Å². The zero-order valence-corrected chi connectivity index (χ0v) is 13.7. The molecule has 1 atom stereocenters. The van der Waals surface area contributed by atoms with Crippen molar-refractivity contribution in [3.63, 3.8) is 0 Å². The summed E-state index contributed by atoms with van der Waals surface area (Å²) >= 11 is 0. The van der Waals surface area contributed by atoms with Gasteiger partial charge in [0.05, 0.1) is 23.7 Å². The Morgan fingerprint density at radius 2 is 2.26 bits per heavy atom. The number of amides is 1. The molecule has 7 heteroatoms. The minimum atomic E-state index is -3.01. The summed E-state index contributed by atoms with van der Waals surface area (Å²) in [4.78, 5) is 12.3. The topological polar surface area (TPSA) is 81.7 Å². The predicted molar refractivity (Wildman–Crippen MR) is 86.3 cm³/mol. The van der Waals surface area contributed by atoms with Crippen LogP contribution >= 0.6 is 0 Å². The molecule has 124 valence electrons. The molecule has 0 aliphatic carbocycles. The van der Waals surface area contributed by atoms with Crippen LogP contribution in [0.25, 0.3) is 6.08 Å². The van der Waals surface area contributed by atoms with Crippen molar-refractivity contribution < 1.29 is 22.7 Å². The van der Waals surface area contributed by atoms with Crippen LogP contribution in [0.15, 0.2) is 23.8 Å². The SMILES string of the molecule is CCOc1ccc2c(c1)C=C(C(=O)N[C@H]1CCS(=O)(=O)C1)CO2. The number of carbonyl (C=O) groups excluding carboxylic acids is 1. The lowest BCUT2D eigenvalue weighted by Crippen LogP contribution is -2.38. The van der Waals surface area contributed by atoms with E-state index in [-0.39, 0.29) is 30.1 Å². The molecule has 2 heterocycles. The highest BCUT2D eigenvalue weighted by atomic mass is 32.2. The third kappa shape index (κ3) is 3.67. The minimum absolute atomic E-state index is 0.0119. The molecule has 0 saturated carbocycles. The van der Waals surface area contributed by atoms with E-state index in [1.807, 2.05) is 25.1 Å². The number of carbonyl (C=O) groups is 1. The van der Waals surface area contributed by atoms with Gasteiger partial charge < -0.3 is 14.8 Å². The molecule has 0 unspecified atom stereocenters. The second-order valence-electron chi connectivity index (χ2n) is 5.66. The van der Waals surface area contributed by atoms with E-state index in [9.17, 15) is 13.2 Å². The summed E-state index contributed by atoms with van der Waals surface area (Å²) in [7, 11) is -3.01. The first-order valence-electron chi connectivity index (χ1n) is 7.58. The standard InChI is InChI=1S/C16H19NO5S/c1-2-21-14-3-4-15-11(8-14)7-12(9-22-15)16(18)17-13-5-6-23(19,20)10-13/h3-4,7-8,13H,2,5-6,9-10H2,1H3,(H,17,18)/t13-/m0/s1. The summed E-state index contributed by atoms with van der Waals surface area (Å²) in [6.07, 6.45) is 2.23. The van der Waals surface area contributed by atoms with Crippen LogP contribution in [0.5, 0.6) is 11.5 Å². The Hall–Kier alpha value is -2.02. The lowest BCUT2D eigenvalue weighted by Gasteiger charge is -2.19. The summed E-state index contributed by atoms with van der Waals surface area (Å²) in [5.74, 6) is 1.29. The molecule has 3 rings (SSSR count). The van der Waals surface area contributed by atoms with Crippen LogP contribution in [0, 0.1) is 0 Å². The fourth-order valence-electron chi connectivity index (χ4n) is 2.73. The molecule has 1 saturated heterocycles. The fourth-order valence-corrected chi connectivity index (χ4v) is 4.40. The first-order chi connectivity index (χ1) is 11.0. The number of rotatable bonds is 4. The Balaban J connectivity index is 1.73. The number of hydrogen-bond acceptors (Lipinski definition) is 5. The molecule has 1 N–H and O–H groups in total. The molecule has 1 aromatic rings. The molecule has 0 radical (unpaired) electrons. The van der Waals surface area contributed by atoms with Gasteiger partial charge in [-0.1, -0.05) is 0 Å². The molecule has 0 bridgehead atoms. The van der Waals surface area contributed by atoms with Crippen LogP contribution in [0.1, 0.15) is 18.9 Å². The van der Waals surface area contributed by atoms with Gasteiger partial charge in [-0.15, -0.1) is 0 Å². The second-order valence-corrected chi connectivity index (χ2v) is 7.89. The van der Waals surface area contributed by atoms with Crippen LogP contribution in [0.2, 0.25) is 0 Å². The average Bonchev–Trinajstić information content (AvgIpc) is 2.85. The molecule has 1 fully saturated rings. The number of benzene rings is 1. The molecule has 0 spiro atoms. The van der Waals surface area contributed by atoms with E-state index in [1.54, 1.807) is 6.08 Å². The van der Waals surface area contributed by atoms with Crippen molar-refractivity contribution in [2.75, 3.05) is 24.7 Å². The van der Waals surface area contributed by atoms with Gasteiger partial charge in [0, 0.05) is 11.6 Å². The third-order valence-corrected chi connectivity index (χ3v) is 5.63. The normalized spacial score (nSPS) is 21.8. The number of sulfone groups is 1. The van der Waals surface area contributed by atoms with Gasteiger partial charge >= 0.3 is 0 Å². The Morgan fingerprint density at radius 1 is 1.43 bits per heavy atom. The van der Waals surface area contributed by atoms with E-state index in [2.05, 4.69) is 5.32 Å². The van der Waals surface area contributed by atoms with Gasteiger partial charge in [-0.25, -0.2) is 8.42 Å². The van der Waals surface area contributed by atoms with Crippen LogP contribution in [-0.2, 0) is 14.6 Å². The summed E-state index contributed by atoms with van der Waals surface area (Å²) in [6.45, 7) is 2.64. The van der Waals surface area contributed by atoms with E-state index >= 15 is 0 Å². The van der Waals surface area contributed by atoms with Crippen molar-refractivity contribution >= 4 is 21.8 Å². The highest BCUT2D eigenvalue weighted by Crippen LogP contribution is 2.30. The largest absolute Gasteiger partial charge is 0.494 e. The maximum Gasteiger partial charge on any atom is 0.250 e. The average molecular weight is 337 g/mol. The first kappa shape index (κ1) is 15.9. The first-order valence-corrected chi connectivity index (χ1v) is 9.40. The van der Waals surface area contributed by atoms with Gasteiger partial charge in [0.25, 0.3) is 5.91 Å². The van der Waals surface area contributed by atoms with Crippen molar-refractivity contribution in [1.29, 1.82) is 0 Å². The van der Waals surface area contributed by atoms with E-state index in [1.165, 1.54) is 0 Å². The van der Waals surface area contributed by atoms with Gasteiger partial charge in [-0.05, 0) is 37.6 Å². The Kier molecular flexibility index (Phi) is 4.30. The minimum Gasteiger partial charge on any atom is -0.494 e. The highest BCUT2D eigenvalue weighted by molar-refractivity contribution is 7.91. The van der Waals surface area contributed by atoms with Gasteiger partial charge in [-0.2, -0.15) is 0 Å². The number of fused-ring (bicyclic) bond motifs is 1.